The second-order valence-corrected chi connectivity index (χ2v) is 4.98. The van der Waals surface area contributed by atoms with Crippen LogP contribution in [0.4, 0.5) is 4.79 Å². The lowest BCUT2D eigenvalue weighted by atomic mass is 10.1. The number of nitrogens with one attached hydrogen (secondary N) is 2. The Morgan fingerprint density at radius 3 is 2.82 bits per heavy atom. The van der Waals surface area contributed by atoms with Crippen molar-refractivity contribution in [3.8, 4) is 0 Å². The first-order valence-corrected chi connectivity index (χ1v) is 6.85. The molecule has 3 aromatic rings. The number of amides is 1. The van der Waals surface area contributed by atoms with Crippen LogP contribution < -0.4 is 15.7 Å². The third-order valence-electron chi connectivity index (χ3n) is 3.26. The van der Waals surface area contributed by atoms with Crippen molar-refractivity contribution in [3.05, 3.63) is 70.0 Å². The molecule has 0 atom stereocenters. The van der Waals surface area contributed by atoms with Crippen LogP contribution in [0, 0.1) is 6.92 Å². The van der Waals surface area contributed by atoms with Crippen LogP contribution in [0.3, 0.4) is 0 Å². The van der Waals surface area contributed by atoms with Crippen molar-refractivity contribution in [2.24, 2.45) is 0 Å². The summed E-state index contributed by atoms with van der Waals surface area (Å²) in [4.78, 5) is 29.6. The van der Waals surface area contributed by atoms with Gasteiger partial charge in [-0.25, -0.2) is 4.79 Å². The van der Waals surface area contributed by atoms with Crippen LogP contribution in [0.15, 0.2) is 53.3 Å². The van der Waals surface area contributed by atoms with Gasteiger partial charge in [0.2, 0.25) is 0 Å². The van der Waals surface area contributed by atoms with E-state index in [2.05, 4.69) is 10.4 Å². The molecule has 6 heteroatoms. The molecule has 1 aromatic heterocycles. The average Bonchev–Trinajstić information content (AvgIpc) is 2.82. The van der Waals surface area contributed by atoms with E-state index in [1.54, 1.807) is 24.3 Å². The predicted molar refractivity (Wildman–Crippen MR) is 82.6 cm³/mol. The summed E-state index contributed by atoms with van der Waals surface area (Å²) in [5.74, 6) is 0. The molecule has 22 heavy (non-hydrogen) atoms. The van der Waals surface area contributed by atoms with Gasteiger partial charge in [0, 0.05) is 6.54 Å². The molecule has 0 aliphatic heterocycles. The number of hydrogen-bond donors (Lipinski definition) is 2. The lowest BCUT2D eigenvalue weighted by molar-refractivity contribution is 0.112. The summed E-state index contributed by atoms with van der Waals surface area (Å²) in [6.07, 6.45) is -0.699. The lowest BCUT2D eigenvalue weighted by Gasteiger charge is -2.06. The number of H-pyrrole nitrogens is 1. The summed E-state index contributed by atoms with van der Waals surface area (Å²) in [6.45, 7) is 2.31. The third kappa shape index (κ3) is 2.85. The van der Waals surface area contributed by atoms with E-state index in [0.717, 1.165) is 16.0 Å². The van der Waals surface area contributed by atoms with E-state index in [-0.39, 0.29) is 0 Å². The van der Waals surface area contributed by atoms with Crippen molar-refractivity contribution in [1.29, 1.82) is 0 Å². The highest BCUT2D eigenvalue weighted by Crippen LogP contribution is 2.05. The zero-order valence-electron chi connectivity index (χ0n) is 12.0. The minimum atomic E-state index is -0.699. The first-order chi connectivity index (χ1) is 10.6. The smallest absolute Gasteiger partial charge is 0.316 e. The van der Waals surface area contributed by atoms with E-state index in [1.165, 1.54) is 0 Å². The first-order valence-electron chi connectivity index (χ1n) is 6.85. The highest BCUT2D eigenvalue weighted by molar-refractivity contribution is 5.77. The summed E-state index contributed by atoms with van der Waals surface area (Å²) in [6, 6.07) is 14.7. The van der Waals surface area contributed by atoms with Crippen molar-refractivity contribution in [1.82, 2.24) is 15.3 Å². The van der Waals surface area contributed by atoms with Gasteiger partial charge in [0.05, 0.1) is 10.9 Å². The number of fused-ring (bicyclic) bond motifs is 1. The van der Waals surface area contributed by atoms with Gasteiger partial charge in [-0.3, -0.25) is 14.7 Å². The van der Waals surface area contributed by atoms with Crippen LogP contribution in [0.25, 0.3) is 10.9 Å². The molecule has 2 N–H and O–H groups in total. The fourth-order valence-electron chi connectivity index (χ4n) is 2.21. The quantitative estimate of drug-likeness (QED) is 0.776. The second-order valence-electron chi connectivity index (χ2n) is 4.98. The minimum absolute atomic E-state index is 0.329. The maximum Gasteiger partial charge on any atom is 0.433 e. The minimum Gasteiger partial charge on any atom is -0.316 e. The van der Waals surface area contributed by atoms with Crippen LogP contribution in [0.2, 0.25) is 0 Å². The number of aromatic amines is 1. The molecule has 0 radical (unpaired) electrons. The van der Waals surface area contributed by atoms with Gasteiger partial charge in [-0.15, -0.1) is 0 Å². The monoisotopic (exact) mass is 297 g/mol. The summed E-state index contributed by atoms with van der Waals surface area (Å²) < 4.78 is 0. The molecule has 1 amide bonds. The van der Waals surface area contributed by atoms with Gasteiger partial charge >= 0.3 is 11.7 Å². The number of rotatable bonds is 3. The summed E-state index contributed by atoms with van der Waals surface area (Å²) in [7, 11) is 0. The number of nitrogens with zero attached hydrogens (tertiary/aromatic N) is 1. The topological polar surface area (TPSA) is 76.1 Å². The van der Waals surface area contributed by atoms with Crippen LogP contribution >= 0.6 is 0 Å². The van der Waals surface area contributed by atoms with Gasteiger partial charge in [0.15, 0.2) is 0 Å². The van der Waals surface area contributed by atoms with E-state index in [4.69, 9.17) is 4.84 Å². The zero-order valence-corrected chi connectivity index (χ0v) is 12.0. The maximum absolute atomic E-state index is 12.0. The summed E-state index contributed by atoms with van der Waals surface area (Å²) in [5.41, 5.74) is 2.28. The van der Waals surface area contributed by atoms with Crippen molar-refractivity contribution in [2.75, 3.05) is 0 Å². The fraction of sp³-hybridized carbons (Fsp3) is 0.125. The Balaban J connectivity index is 1.68. The number of aromatic nitrogens is 2. The normalized spacial score (nSPS) is 10.6. The molecule has 0 bridgehead atoms. The van der Waals surface area contributed by atoms with E-state index < -0.39 is 11.7 Å². The van der Waals surface area contributed by atoms with Gasteiger partial charge in [-0.05, 0) is 24.6 Å². The Labute approximate surface area is 126 Å². The molecule has 1 heterocycles. The highest BCUT2D eigenvalue weighted by Gasteiger charge is 2.10. The molecule has 0 aliphatic rings. The van der Waals surface area contributed by atoms with Crippen LogP contribution in [0.5, 0.6) is 0 Å². The molecular weight excluding hydrogens is 282 g/mol. The Bertz CT molecular complexity index is 879. The molecule has 0 unspecified atom stereocenters. The fourth-order valence-corrected chi connectivity index (χ4v) is 2.21. The van der Waals surface area contributed by atoms with E-state index in [9.17, 15) is 9.59 Å². The van der Waals surface area contributed by atoms with Crippen molar-refractivity contribution < 1.29 is 9.63 Å². The highest BCUT2D eigenvalue weighted by atomic mass is 16.7. The standard InChI is InChI=1S/C16H15N3O3/c1-11-5-4-6-12(9-11)10-17-16(21)22-19-15(20)13-7-2-3-8-14(13)18-19/h2-9,18H,10H2,1H3,(H,17,21). The maximum atomic E-state index is 12.0. The summed E-state index contributed by atoms with van der Waals surface area (Å²) in [5, 5.41) is 5.80. The van der Waals surface area contributed by atoms with E-state index in [0.29, 0.717) is 17.4 Å². The van der Waals surface area contributed by atoms with Crippen LogP contribution in [-0.2, 0) is 6.54 Å². The van der Waals surface area contributed by atoms with Gasteiger partial charge in [-0.2, -0.15) is 0 Å². The number of carbonyl (C=O) groups is 1. The van der Waals surface area contributed by atoms with E-state index in [1.807, 2.05) is 31.2 Å². The van der Waals surface area contributed by atoms with E-state index >= 15 is 0 Å². The van der Waals surface area contributed by atoms with Gasteiger partial charge < -0.3 is 5.32 Å². The predicted octanol–water partition coefficient (Wildman–Crippen LogP) is 1.98. The number of benzene rings is 2. The van der Waals surface area contributed by atoms with Crippen molar-refractivity contribution in [2.45, 2.75) is 13.5 Å². The number of hydrogen-bond acceptors (Lipinski definition) is 3. The summed E-state index contributed by atoms with van der Waals surface area (Å²) >= 11 is 0. The molecule has 0 fully saturated rings. The van der Waals surface area contributed by atoms with Gasteiger partial charge in [0.25, 0.3) is 0 Å². The number of aryl methyl sites for hydroxylation is 1. The Kier molecular flexibility index (Phi) is 3.65. The molecule has 0 saturated heterocycles. The van der Waals surface area contributed by atoms with Crippen molar-refractivity contribution in [3.63, 3.8) is 0 Å². The average molecular weight is 297 g/mol. The second kappa shape index (κ2) is 5.77. The number of para-hydroxylation sites is 1. The lowest BCUT2D eigenvalue weighted by Crippen LogP contribution is -2.36. The first kappa shape index (κ1) is 13.9. The zero-order chi connectivity index (χ0) is 15.5. The molecule has 6 nitrogen and oxygen atoms in total. The molecule has 3 rings (SSSR count). The Morgan fingerprint density at radius 2 is 2.05 bits per heavy atom. The Hall–Kier alpha value is -3.02. The molecule has 0 spiro atoms. The van der Waals surface area contributed by atoms with Crippen molar-refractivity contribution >= 4 is 17.0 Å². The SMILES string of the molecule is Cc1cccc(CNC(=O)On2[nH]c3ccccc3c2=O)c1. The number of carbonyl (C=O) groups excluding carboxylic acids is 1. The Morgan fingerprint density at radius 1 is 1.23 bits per heavy atom. The molecular formula is C16H15N3O3. The molecule has 2 aromatic carbocycles. The van der Waals surface area contributed by atoms with Crippen LogP contribution in [0.1, 0.15) is 11.1 Å². The van der Waals surface area contributed by atoms with Crippen LogP contribution in [-0.4, -0.2) is 16.0 Å². The van der Waals surface area contributed by atoms with Gasteiger partial charge in [0.1, 0.15) is 0 Å². The largest absolute Gasteiger partial charge is 0.433 e. The third-order valence-corrected chi connectivity index (χ3v) is 3.26. The molecule has 112 valence electrons. The molecule has 0 aliphatic carbocycles. The molecule has 0 saturated carbocycles. The van der Waals surface area contributed by atoms with Gasteiger partial charge in [-0.1, -0.05) is 46.8 Å².